The first-order valence-corrected chi connectivity index (χ1v) is 8.04. The Morgan fingerprint density at radius 2 is 1.95 bits per heavy atom. The fraction of sp³-hybridized carbons (Fsp3) is 0.353. The van der Waals surface area contributed by atoms with Crippen LogP contribution >= 0.6 is 11.8 Å². The molecule has 21 heavy (non-hydrogen) atoms. The Morgan fingerprint density at radius 1 is 1.19 bits per heavy atom. The Hall–Kier alpha value is -1.68. The summed E-state index contributed by atoms with van der Waals surface area (Å²) in [5.74, 6) is 1.57. The van der Waals surface area contributed by atoms with Gasteiger partial charge in [-0.05, 0) is 22.9 Å². The number of esters is 1. The molecule has 0 fully saturated rings. The molecule has 0 amide bonds. The van der Waals surface area contributed by atoms with E-state index in [1.807, 2.05) is 25.1 Å². The van der Waals surface area contributed by atoms with Crippen molar-refractivity contribution in [3.05, 3.63) is 42.5 Å². The topological polar surface area (TPSA) is 35.5 Å². The zero-order valence-electron chi connectivity index (χ0n) is 12.4. The molecular formula is C17H20O3S. The van der Waals surface area contributed by atoms with Crippen LogP contribution < -0.4 is 4.74 Å². The van der Waals surface area contributed by atoms with Gasteiger partial charge in [0.2, 0.25) is 0 Å². The van der Waals surface area contributed by atoms with Crippen LogP contribution in [0.2, 0.25) is 0 Å². The van der Waals surface area contributed by atoms with Crippen LogP contribution in [0, 0.1) is 0 Å². The molecule has 2 aromatic carbocycles. The van der Waals surface area contributed by atoms with Gasteiger partial charge in [0.25, 0.3) is 0 Å². The van der Waals surface area contributed by atoms with Crippen LogP contribution in [0.15, 0.2) is 42.5 Å². The number of thioether (sulfide) groups is 1. The number of fused-ring (bicyclic) bond motifs is 1. The van der Waals surface area contributed by atoms with Crippen molar-refractivity contribution in [2.75, 3.05) is 19.5 Å². The average molecular weight is 304 g/mol. The third-order valence-corrected chi connectivity index (χ3v) is 4.30. The van der Waals surface area contributed by atoms with E-state index >= 15 is 0 Å². The Morgan fingerprint density at radius 3 is 2.71 bits per heavy atom. The van der Waals surface area contributed by atoms with Crippen LogP contribution in [-0.2, 0) is 9.53 Å². The van der Waals surface area contributed by atoms with Crippen LogP contribution in [0.1, 0.15) is 13.3 Å². The lowest BCUT2D eigenvalue weighted by Gasteiger charge is -2.11. The van der Waals surface area contributed by atoms with Gasteiger partial charge in [0.1, 0.15) is 5.75 Å². The summed E-state index contributed by atoms with van der Waals surface area (Å²) in [4.78, 5) is 11.1. The summed E-state index contributed by atoms with van der Waals surface area (Å²) in [6.07, 6.45) is 0.442. The number of hydrogen-bond donors (Lipinski definition) is 0. The van der Waals surface area contributed by atoms with Crippen molar-refractivity contribution >= 4 is 28.5 Å². The number of hydrogen-bond acceptors (Lipinski definition) is 4. The first-order chi connectivity index (χ1) is 10.2. The summed E-state index contributed by atoms with van der Waals surface area (Å²) < 4.78 is 10.4. The van der Waals surface area contributed by atoms with Crippen LogP contribution in [0.5, 0.6) is 5.75 Å². The summed E-state index contributed by atoms with van der Waals surface area (Å²) in [6.45, 7) is 2.66. The van der Waals surface area contributed by atoms with Gasteiger partial charge in [-0.1, -0.05) is 37.3 Å². The molecule has 4 heteroatoms. The first kappa shape index (κ1) is 15.7. The van der Waals surface area contributed by atoms with E-state index in [0.29, 0.717) is 13.0 Å². The van der Waals surface area contributed by atoms with Gasteiger partial charge in [0, 0.05) is 11.0 Å². The van der Waals surface area contributed by atoms with E-state index in [2.05, 4.69) is 29.0 Å². The largest absolute Gasteiger partial charge is 0.493 e. The Labute approximate surface area is 129 Å². The summed E-state index contributed by atoms with van der Waals surface area (Å²) in [7, 11) is 1.42. The third kappa shape index (κ3) is 4.97. The van der Waals surface area contributed by atoms with E-state index < -0.39 is 0 Å². The molecule has 112 valence electrons. The predicted molar refractivity (Wildman–Crippen MR) is 88.0 cm³/mol. The minimum absolute atomic E-state index is 0.162. The molecule has 0 radical (unpaired) electrons. The zero-order valence-corrected chi connectivity index (χ0v) is 13.2. The highest BCUT2D eigenvalue weighted by Crippen LogP contribution is 2.21. The van der Waals surface area contributed by atoms with Gasteiger partial charge in [-0.2, -0.15) is 11.8 Å². The zero-order chi connectivity index (χ0) is 15.1. The van der Waals surface area contributed by atoms with Crippen molar-refractivity contribution in [3.63, 3.8) is 0 Å². The van der Waals surface area contributed by atoms with Crippen molar-refractivity contribution in [3.8, 4) is 5.75 Å². The second-order valence-corrected chi connectivity index (χ2v) is 6.37. The van der Waals surface area contributed by atoms with Crippen molar-refractivity contribution in [1.82, 2.24) is 0 Å². The Balaban J connectivity index is 1.76. The second-order valence-electron chi connectivity index (χ2n) is 4.82. The first-order valence-electron chi connectivity index (χ1n) is 6.99. The molecule has 0 aliphatic rings. The number of carbonyl (C=O) groups is 1. The maximum Gasteiger partial charge on any atom is 0.306 e. The molecule has 0 aliphatic carbocycles. The molecule has 2 rings (SSSR count). The van der Waals surface area contributed by atoms with Crippen LogP contribution in [-0.4, -0.2) is 30.7 Å². The molecule has 0 saturated heterocycles. The number of carbonyl (C=O) groups excluding carboxylic acids is 1. The summed E-state index contributed by atoms with van der Waals surface area (Å²) >= 11 is 1.72. The summed E-state index contributed by atoms with van der Waals surface area (Å²) in [6, 6.07) is 14.3. The van der Waals surface area contributed by atoms with Gasteiger partial charge < -0.3 is 9.47 Å². The second kappa shape index (κ2) is 7.93. The highest BCUT2D eigenvalue weighted by Gasteiger charge is 2.09. The number of benzene rings is 2. The minimum Gasteiger partial charge on any atom is -0.493 e. The molecule has 0 bridgehead atoms. The molecule has 1 atom stereocenters. The third-order valence-electron chi connectivity index (χ3n) is 3.16. The lowest BCUT2D eigenvalue weighted by molar-refractivity contribution is -0.140. The Kier molecular flexibility index (Phi) is 5.93. The quantitative estimate of drug-likeness (QED) is 0.574. The van der Waals surface area contributed by atoms with Crippen LogP contribution in [0.3, 0.4) is 0 Å². The lowest BCUT2D eigenvalue weighted by Crippen LogP contribution is -2.11. The smallest absolute Gasteiger partial charge is 0.306 e. The van der Waals surface area contributed by atoms with Crippen molar-refractivity contribution < 1.29 is 14.3 Å². The van der Waals surface area contributed by atoms with E-state index in [0.717, 1.165) is 11.5 Å². The maximum absolute atomic E-state index is 11.1. The highest BCUT2D eigenvalue weighted by molar-refractivity contribution is 7.99. The van der Waals surface area contributed by atoms with Gasteiger partial charge in [-0.25, -0.2) is 0 Å². The molecule has 0 spiro atoms. The van der Waals surface area contributed by atoms with Gasteiger partial charge in [0.15, 0.2) is 0 Å². The fourth-order valence-corrected chi connectivity index (χ4v) is 2.88. The van der Waals surface area contributed by atoms with E-state index in [1.54, 1.807) is 11.8 Å². The minimum atomic E-state index is -0.162. The molecule has 0 aliphatic heterocycles. The standard InChI is InChI=1S/C17H20O3S/c1-13(11-17(18)19-2)21-10-9-20-16-8-7-14-5-3-4-6-15(14)12-16/h3-8,12-13H,9-11H2,1-2H3. The fourth-order valence-electron chi connectivity index (χ4n) is 2.04. The molecular weight excluding hydrogens is 284 g/mol. The van der Waals surface area contributed by atoms with E-state index in [4.69, 9.17) is 4.74 Å². The summed E-state index contributed by atoms with van der Waals surface area (Å²) in [5.41, 5.74) is 0. The molecule has 0 saturated carbocycles. The molecule has 0 N–H and O–H groups in total. The Bertz CT molecular complexity index is 597. The monoisotopic (exact) mass is 304 g/mol. The molecule has 2 aromatic rings. The van der Waals surface area contributed by atoms with Crippen molar-refractivity contribution in [1.29, 1.82) is 0 Å². The molecule has 0 heterocycles. The van der Waals surface area contributed by atoms with Crippen molar-refractivity contribution in [2.45, 2.75) is 18.6 Å². The maximum atomic E-state index is 11.1. The average Bonchev–Trinajstić information content (AvgIpc) is 2.51. The SMILES string of the molecule is COC(=O)CC(C)SCCOc1ccc2ccccc2c1. The normalized spacial score (nSPS) is 12.1. The van der Waals surface area contributed by atoms with Gasteiger partial charge in [-0.15, -0.1) is 0 Å². The van der Waals surface area contributed by atoms with Crippen LogP contribution in [0.25, 0.3) is 10.8 Å². The van der Waals surface area contributed by atoms with Crippen LogP contribution in [0.4, 0.5) is 0 Å². The van der Waals surface area contributed by atoms with Gasteiger partial charge >= 0.3 is 5.97 Å². The van der Waals surface area contributed by atoms with E-state index in [9.17, 15) is 4.79 Å². The van der Waals surface area contributed by atoms with Gasteiger partial charge in [0.05, 0.1) is 20.1 Å². The predicted octanol–water partition coefficient (Wildman–Crippen LogP) is 3.90. The van der Waals surface area contributed by atoms with Crippen molar-refractivity contribution in [2.24, 2.45) is 0 Å². The summed E-state index contributed by atoms with van der Waals surface area (Å²) in [5, 5.41) is 2.64. The highest BCUT2D eigenvalue weighted by atomic mass is 32.2. The number of ether oxygens (including phenoxy) is 2. The number of rotatable bonds is 7. The van der Waals surface area contributed by atoms with E-state index in [-0.39, 0.29) is 11.2 Å². The van der Waals surface area contributed by atoms with E-state index in [1.165, 1.54) is 17.9 Å². The molecule has 1 unspecified atom stereocenters. The van der Waals surface area contributed by atoms with Gasteiger partial charge in [-0.3, -0.25) is 4.79 Å². The molecule has 3 nitrogen and oxygen atoms in total. The molecule has 0 aromatic heterocycles. The lowest BCUT2D eigenvalue weighted by atomic mass is 10.1. The number of methoxy groups -OCH3 is 1.